The highest BCUT2D eigenvalue weighted by atomic mass is 35.5. The fraction of sp³-hybridized carbons (Fsp3) is 0.611. The molecule has 5 nitrogen and oxygen atoms in total. The number of sulfonamides is 1. The highest BCUT2D eigenvalue weighted by Gasteiger charge is 2.26. The Balaban J connectivity index is 2.05. The number of nitrogens with one attached hydrogen (secondary N) is 1. The third-order valence-corrected chi connectivity index (χ3v) is 6.58. The van der Waals surface area contributed by atoms with Crippen LogP contribution in [0.15, 0.2) is 29.2 Å². The van der Waals surface area contributed by atoms with Gasteiger partial charge in [-0.15, -0.1) is 0 Å². The lowest BCUT2D eigenvalue weighted by atomic mass is 10.1. The first-order chi connectivity index (χ1) is 11.9. The van der Waals surface area contributed by atoms with Gasteiger partial charge in [-0.3, -0.25) is 4.79 Å². The van der Waals surface area contributed by atoms with Crippen molar-refractivity contribution >= 4 is 27.5 Å². The molecule has 140 valence electrons. The Hall–Kier alpha value is -1.11. The molecule has 7 heteroatoms. The summed E-state index contributed by atoms with van der Waals surface area (Å²) in [5.41, 5.74) is 0. The van der Waals surface area contributed by atoms with Crippen LogP contribution in [0.25, 0.3) is 0 Å². The maximum absolute atomic E-state index is 12.8. The van der Waals surface area contributed by atoms with Crippen LogP contribution < -0.4 is 5.32 Å². The van der Waals surface area contributed by atoms with E-state index in [1.807, 2.05) is 6.92 Å². The minimum Gasteiger partial charge on any atom is -0.352 e. The van der Waals surface area contributed by atoms with Crippen molar-refractivity contribution in [1.82, 2.24) is 9.62 Å². The van der Waals surface area contributed by atoms with Crippen LogP contribution in [0, 0.1) is 0 Å². The Morgan fingerprint density at radius 3 is 2.32 bits per heavy atom. The van der Waals surface area contributed by atoms with Gasteiger partial charge < -0.3 is 5.32 Å². The highest BCUT2D eigenvalue weighted by molar-refractivity contribution is 7.89. The summed E-state index contributed by atoms with van der Waals surface area (Å²) in [5, 5.41) is 3.49. The molecule has 1 fully saturated rings. The lowest BCUT2D eigenvalue weighted by Gasteiger charge is -2.23. The number of rotatable bonds is 7. The first kappa shape index (κ1) is 20.2. The molecule has 1 N–H and O–H groups in total. The Bertz CT molecular complexity index is 653. The van der Waals surface area contributed by atoms with Gasteiger partial charge in [-0.2, -0.15) is 4.31 Å². The fourth-order valence-corrected chi connectivity index (χ4v) is 4.76. The average molecular weight is 387 g/mol. The molecule has 0 unspecified atom stereocenters. The van der Waals surface area contributed by atoms with Crippen LogP contribution in [0.5, 0.6) is 0 Å². The van der Waals surface area contributed by atoms with Crippen molar-refractivity contribution in [3.05, 3.63) is 29.3 Å². The number of amides is 1. The minimum absolute atomic E-state index is 0.144. The fourth-order valence-electron chi connectivity index (χ4n) is 3.15. The van der Waals surface area contributed by atoms with Crippen molar-refractivity contribution in [1.29, 1.82) is 0 Å². The molecule has 0 heterocycles. The van der Waals surface area contributed by atoms with E-state index in [0.29, 0.717) is 18.0 Å². The number of benzene rings is 1. The first-order valence-corrected chi connectivity index (χ1v) is 10.8. The van der Waals surface area contributed by atoms with E-state index in [1.54, 1.807) is 12.1 Å². The van der Waals surface area contributed by atoms with E-state index in [-0.39, 0.29) is 23.4 Å². The molecule has 0 aliphatic heterocycles. The van der Waals surface area contributed by atoms with Gasteiger partial charge in [0.1, 0.15) is 0 Å². The SMILES string of the molecule is CCCN(CC(=O)NC1CCCCCC1)S(=O)(=O)c1ccc(Cl)cc1. The van der Waals surface area contributed by atoms with Gasteiger partial charge in [-0.1, -0.05) is 44.2 Å². The topological polar surface area (TPSA) is 66.5 Å². The molecule has 0 aromatic heterocycles. The summed E-state index contributed by atoms with van der Waals surface area (Å²) in [6, 6.07) is 6.21. The Morgan fingerprint density at radius 1 is 1.16 bits per heavy atom. The van der Waals surface area contributed by atoms with Crippen LogP contribution in [0.1, 0.15) is 51.9 Å². The molecule has 1 aliphatic carbocycles. The second-order valence-corrected chi connectivity index (χ2v) is 8.92. The van der Waals surface area contributed by atoms with E-state index < -0.39 is 10.0 Å². The van der Waals surface area contributed by atoms with E-state index >= 15 is 0 Å². The average Bonchev–Trinajstić information content (AvgIpc) is 2.83. The zero-order chi connectivity index (χ0) is 18.3. The molecule has 0 atom stereocenters. The summed E-state index contributed by atoms with van der Waals surface area (Å²) >= 11 is 5.84. The molecule has 1 aliphatic rings. The molecule has 1 aromatic rings. The van der Waals surface area contributed by atoms with Gasteiger partial charge in [-0.25, -0.2) is 8.42 Å². The molecule has 0 spiro atoms. The number of halogens is 1. The monoisotopic (exact) mass is 386 g/mol. The quantitative estimate of drug-likeness (QED) is 0.728. The van der Waals surface area contributed by atoms with E-state index in [1.165, 1.54) is 29.3 Å². The van der Waals surface area contributed by atoms with Crippen molar-refractivity contribution in [3.63, 3.8) is 0 Å². The Morgan fingerprint density at radius 2 is 1.76 bits per heavy atom. The second-order valence-electron chi connectivity index (χ2n) is 6.55. The van der Waals surface area contributed by atoms with E-state index in [0.717, 1.165) is 25.7 Å². The Kier molecular flexibility index (Phi) is 7.72. The van der Waals surface area contributed by atoms with Gasteiger partial charge >= 0.3 is 0 Å². The smallest absolute Gasteiger partial charge is 0.243 e. The lowest BCUT2D eigenvalue weighted by Crippen LogP contribution is -2.44. The molecule has 25 heavy (non-hydrogen) atoms. The van der Waals surface area contributed by atoms with Crippen LogP contribution in [-0.2, 0) is 14.8 Å². The largest absolute Gasteiger partial charge is 0.352 e. The van der Waals surface area contributed by atoms with Crippen molar-refractivity contribution in [2.45, 2.75) is 62.8 Å². The third kappa shape index (κ3) is 5.97. The summed E-state index contributed by atoms with van der Waals surface area (Å²) < 4.78 is 26.9. The summed E-state index contributed by atoms with van der Waals surface area (Å²) in [6.45, 7) is 2.06. The van der Waals surface area contributed by atoms with Crippen LogP contribution in [0.2, 0.25) is 5.02 Å². The molecule has 0 radical (unpaired) electrons. The Labute approximate surface area is 155 Å². The minimum atomic E-state index is -3.71. The zero-order valence-corrected chi connectivity index (χ0v) is 16.3. The molecule has 0 bridgehead atoms. The normalized spacial score (nSPS) is 16.6. The van der Waals surface area contributed by atoms with Crippen molar-refractivity contribution in [3.8, 4) is 0 Å². The number of carbonyl (C=O) groups is 1. The van der Waals surface area contributed by atoms with Crippen molar-refractivity contribution in [2.75, 3.05) is 13.1 Å². The molecule has 2 rings (SSSR count). The molecular weight excluding hydrogens is 360 g/mol. The van der Waals surface area contributed by atoms with Gasteiger partial charge in [0.2, 0.25) is 15.9 Å². The van der Waals surface area contributed by atoms with Gasteiger partial charge in [0.15, 0.2) is 0 Å². The van der Waals surface area contributed by atoms with Crippen LogP contribution in [0.3, 0.4) is 0 Å². The second kappa shape index (κ2) is 9.55. The van der Waals surface area contributed by atoms with Crippen LogP contribution in [0.4, 0.5) is 0 Å². The number of carbonyl (C=O) groups excluding carboxylic acids is 1. The maximum Gasteiger partial charge on any atom is 0.243 e. The molecule has 1 saturated carbocycles. The van der Waals surface area contributed by atoms with Crippen LogP contribution >= 0.6 is 11.6 Å². The number of nitrogens with zero attached hydrogens (tertiary/aromatic N) is 1. The van der Waals surface area contributed by atoms with E-state index in [2.05, 4.69) is 5.32 Å². The number of hydrogen-bond acceptors (Lipinski definition) is 3. The standard InChI is InChI=1S/C18H27ClN2O3S/c1-2-13-21(25(23,24)17-11-9-15(19)10-12-17)14-18(22)20-16-7-5-3-4-6-8-16/h9-12,16H,2-8,13-14H2,1H3,(H,20,22). The summed E-state index contributed by atoms with van der Waals surface area (Å²) in [6.07, 6.45) is 7.24. The first-order valence-electron chi connectivity index (χ1n) is 8.98. The highest BCUT2D eigenvalue weighted by Crippen LogP contribution is 2.20. The van der Waals surface area contributed by atoms with Gasteiger partial charge in [0.05, 0.1) is 11.4 Å². The zero-order valence-electron chi connectivity index (χ0n) is 14.7. The molecule has 1 amide bonds. The maximum atomic E-state index is 12.8. The molecular formula is C18H27ClN2O3S. The summed E-state index contributed by atoms with van der Waals surface area (Å²) in [4.78, 5) is 12.6. The van der Waals surface area contributed by atoms with E-state index in [9.17, 15) is 13.2 Å². The third-order valence-electron chi connectivity index (χ3n) is 4.46. The van der Waals surface area contributed by atoms with Gasteiger partial charge in [0, 0.05) is 17.6 Å². The number of hydrogen-bond donors (Lipinski definition) is 1. The predicted molar refractivity (Wildman–Crippen MR) is 100 cm³/mol. The van der Waals surface area contributed by atoms with Crippen molar-refractivity contribution < 1.29 is 13.2 Å². The molecule has 0 saturated heterocycles. The van der Waals surface area contributed by atoms with E-state index in [4.69, 9.17) is 11.6 Å². The van der Waals surface area contributed by atoms with Gasteiger partial charge in [0.25, 0.3) is 0 Å². The van der Waals surface area contributed by atoms with Gasteiger partial charge in [-0.05, 0) is 43.5 Å². The van der Waals surface area contributed by atoms with Crippen LogP contribution in [-0.4, -0.2) is 37.8 Å². The van der Waals surface area contributed by atoms with Crippen molar-refractivity contribution in [2.24, 2.45) is 0 Å². The summed E-state index contributed by atoms with van der Waals surface area (Å²) in [5.74, 6) is -0.224. The predicted octanol–water partition coefficient (Wildman–Crippen LogP) is 3.58. The lowest BCUT2D eigenvalue weighted by molar-refractivity contribution is -0.122. The molecule has 1 aromatic carbocycles. The summed E-state index contributed by atoms with van der Waals surface area (Å²) in [7, 11) is -3.71.